The number of nitrogens with one attached hydrogen (secondary N) is 1. The van der Waals surface area contributed by atoms with Crippen molar-refractivity contribution in [2.75, 3.05) is 18.6 Å². The van der Waals surface area contributed by atoms with E-state index in [1.807, 2.05) is 6.92 Å². The van der Waals surface area contributed by atoms with Gasteiger partial charge in [-0.2, -0.15) is 0 Å². The van der Waals surface area contributed by atoms with Crippen LogP contribution in [0.4, 0.5) is 0 Å². The van der Waals surface area contributed by atoms with Crippen LogP contribution in [0.1, 0.15) is 13.3 Å². The Balaban J connectivity index is 3.63. The fourth-order valence-electron chi connectivity index (χ4n) is 0.818. The Kier molecular flexibility index (Phi) is 6.40. The van der Waals surface area contributed by atoms with Gasteiger partial charge in [-0.15, -0.1) is 0 Å². The van der Waals surface area contributed by atoms with E-state index in [0.717, 1.165) is 6.42 Å². The van der Waals surface area contributed by atoms with Crippen molar-refractivity contribution in [1.29, 1.82) is 0 Å². The highest BCUT2D eigenvalue weighted by Gasteiger charge is 2.06. The van der Waals surface area contributed by atoms with Crippen molar-refractivity contribution in [1.82, 2.24) is 5.32 Å². The van der Waals surface area contributed by atoms with Crippen LogP contribution in [0.2, 0.25) is 0 Å². The third kappa shape index (κ3) is 6.80. The molecule has 5 heteroatoms. The number of aliphatic carboxylic acids is 1. The number of carbonyl (C=O) groups is 1. The second-order valence-electron chi connectivity index (χ2n) is 3.26. The highest BCUT2D eigenvalue weighted by Crippen LogP contribution is 1.94. The molecular weight excluding hydrogens is 202 g/mol. The Morgan fingerprint density at radius 2 is 2.21 bits per heavy atom. The first-order valence-electron chi connectivity index (χ1n) is 4.38. The van der Waals surface area contributed by atoms with Crippen LogP contribution in [0.3, 0.4) is 0 Å². The summed E-state index contributed by atoms with van der Waals surface area (Å²) >= 11 is 0. The van der Waals surface area contributed by atoms with Crippen molar-refractivity contribution in [2.45, 2.75) is 19.4 Å². The minimum absolute atomic E-state index is 0.148. The van der Waals surface area contributed by atoms with E-state index < -0.39 is 16.8 Å². The summed E-state index contributed by atoms with van der Waals surface area (Å²) in [5.41, 5.74) is 0.148. The van der Waals surface area contributed by atoms with Gasteiger partial charge >= 0.3 is 5.97 Å². The number of carboxylic acid groups (broad SMARTS) is 1. The van der Waals surface area contributed by atoms with Gasteiger partial charge in [-0.1, -0.05) is 6.58 Å². The van der Waals surface area contributed by atoms with E-state index in [0.29, 0.717) is 5.75 Å². The molecule has 4 nitrogen and oxygen atoms in total. The maximum absolute atomic E-state index is 10.8. The van der Waals surface area contributed by atoms with E-state index in [4.69, 9.17) is 5.11 Å². The van der Waals surface area contributed by atoms with Crippen LogP contribution >= 0.6 is 0 Å². The monoisotopic (exact) mass is 219 g/mol. The van der Waals surface area contributed by atoms with Crippen LogP contribution in [0.5, 0.6) is 0 Å². The lowest BCUT2D eigenvalue weighted by atomic mass is 10.2. The van der Waals surface area contributed by atoms with Crippen LogP contribution in [0.15, 0.2) is 12.2 Å². The zero-order chi connectivity index (χ0) is 11.1. The van der Waals surface area contributed by atoms with Gasteiger partial charge in [0.25, 0.3) is 0 Å². The second-order valence-corrected chi connectivity index (χ2v) is 4.81. The molecule has 0 saturated carbocycles. The lowest BCUT2D eigenvalue weighted by Crippen LogP contribution is -2.30. The highest BCUT2D eigenvalue weighted by atomic mass is 32.2. The van der Waals surface area contributed by atoms with Gasteiger partial charge in [0.1, 0.15) is 0 Å². The molecule has 0 spiro atoms. The van der Waals surface area contributed by atoms with Crippen molar-refractivity contribution < 1.29 is 14.1 Å². The molecule has 2 unspecified atom stereocenters. The Labute approximate surface area is 86.8 Å². The molecule has 82 valence electrons. The fourth-order valence-corrected chi connectivity index (χ4v) is 1.50. The zero-order valence-electron chi connectivity index (χ0n) is 8.58. The minimum Gasteiger partial charge on any atom is -0.478 e. The van der Waals surface area contributed by atoms with Gasteiger partial charge in [0, 0.05) is 41.0 Å². The van der Waals surface area contributed by atoms with Crippen LogP contribution in [-0.4, -0.2) is 39.9 Å². The fraction of sp³-hybridized carbons (Fsp3) is 0.667. The molecule has 14 heavy (non-hydrogen) atoms. The lowest BCUT2D eigenvalue weighted by Gasteiger charge is -2.12. The molecular formula is C9H17NO3S. The first-order chi connectivity index (χ1) is 6.43. The summed E-state index contributed by atoms with van der Waals surface area (Å²) in [5.74, 6) is -0.350. The first kappa shape index (κ1) is 13.3. The average molecular weight is 219 g/mol. The molecule has 0 radical (unpaired) electrons. The number of carboxylic acids is 1. The topological polar surface area (TPSA) is 66.4 Å². The largest absolute Gasteiger partial charge is 0.478 e. The predicted octanol–water partition coefficient (Wildman–Crippen LogP) is 0.374. The Morgan fingerprint density at radius 1 is 1.64 bits per heavy atom. The molecule has 0 aromatic rings. The summed E-state index contributed by atoms with van der Waals surface area (Å²) in [6.45, 7) is 5.60. The molecule has 2 N–H and O–H groups in total. The van der Waals surface area contributed by atoms with E-state index in [9.17, 15) is 9.00 Å². The van der Waals surface area contributed by atoms with Crippen molar-refractivity contribution in [3.63, 3.8) is 0 Å². The van der Waals surface area contributed by atoms with Gasteiger partial charge in [-0.05, 0) is 13.3 Å². The van der Waals surface area contributed by atoms with Crippen LogP contribution in [-0.2, 0) is 15.6 Å². The molecule has 0 amide bonds. The smallest absolute Gasteiger partial charge is 0.332 e. The number of hydrogen-bond acceptors (Lipinski definition) is 3. The maximum atomic E-state index is 10.8. The second kappa shape index (κ2) is 6.73. The summed E-state index contributed by atoms with van der Waals surface area (Å²) < 4.78 is 10.8. The molecule has 0 aromatic heterocycles. The van der Waals surface area contributed by atoms with Crippen LogP contribution in [0, 0.1) is 0 Å². The van der Waals surface area contributed by atoms with Crippen LogP contribution < -0.4 is 5.32 Å². The molecule has 0 saturated heterocycles. The van der Waals surface area contributed by atoms with Crippen LogP contribution in [0.25, 0.3) is 0 Å². The average Bonchev–Trinajstić information content (AvgIpc) is 2.10. The molecule has 0 aliphatic rings. The van der Waals surface area contributed by atoms with E-state index in [1.54, 1.807) is 6.26 Å². The third-order valence-electron chi connectivity index (χ3n) is 1.80. The van der Waals surface area contributed by atoms with Gasteiger partial charge in [-0.25, -0.2) is 4.79 Å². The SMILES string of the molecule is C=C(CNC(C)CCS(C)=O)C(=O)O. The highest BCUT2D eigenvalue weighted by molar-refractivity contribution is 7.84. The predicted molar refractivity (Wildman–Crippen MR) is 57.8 cm³/mol. The molecule has 2 atom stereocenters. The summed E-state index contributed by atoms with van der Waals surface area (Å²) in [6, 6.07) is 0.162. The van der Waals surface area contributed by atoms with E-state index >= 15 is 0 Å². The van der Waals surface area contributed by atoms with E-state index in [2.05, 4.69) is 11.9 Å². The van der Waals surface area contributed by atoms with E-state index in [1.165, 1.54) is 0 Å². The molecule has 0 heterocycles. The van der Waals surface area contributed by atoms with Crippen molar-refractivity contribution >= 4 is 16.8 Å². The molecule has 0 bridgehead atoms. The van der Waals surface area contributed by atoms with Crippen molar-refractivity contribution in [3.8, 4) is 0 Å². The zero-order valence-corrected chi connectivity index (χ0v) is 9.39. The summed E-state index contributed by atoms with van der Waals surface area (Å²) in [7, 11) is -0.788. The normalized spacial score (nSPS) is 14.7. The summed E-state index contributed by atoms with van der Waals surface area (Å²) in [4.78, 5) is 10.4. The summed E-state index contributed by atoms with van der Waals surface area (Å²) in [6.07, 6.45) is 2.43. The van der Waals surface area contributed by atoms with Gasteiger partial charge in [0.2, 0.25) is 0 Å². The molecule has 0 fully saturated rings. The molecule has 0 aromatic carbocycles. The molecule has 0 rings (SSSR count). The first-order valence-corrected chi connectivity index (χ1v) is 6.10. The third-order valence-corrected chi connectivity index (χ3v) is 2.62. The quantitative estimate of drug-likeness (QED) is 0.607. The maximum Gasteiger partial charge on any atom is 0.332 e. The minimum atomic E-state index is -0.983. The molecule has 0 aliphatic carbocycles. The number of hydrogen-bond donors (Lipinski definition) is 2. The Morgan fingerprint density at radius 3 is 2.64 bits per heavy atom. The number of rotatable bonds is 7. The standard InChI is InChI=1S/C9H17NO3S/c1-7(9(11)12)6-10-8(2)4-5-14(3)13/h8,10H,1,4-6H2,2-3H3,(H,11,12). The van der Waals surface area contributed by atoms with Crippen molar-refractivity contribution in [2.24, 2.45) is 0 Å². The summed E-state index contributed by atoms with van der Waals surface area (Å²) in [5, 5.41) is 11.5. The van der Waals surface area contributed by atoms with Gasteiger partial charge in [0.05, 0.1) is 0 Å². The van der Waals surface area contributed by atoms with Crippen molar-refractivity contribution in [3.05, 3.63) is 12.2 Å². The molecule has 0 aliphatic heterocycles. The van der Waals surface area contributed by atoms with Gasteiger partial charge in [-0.3, -0.25) is 4.21 Å². The van der Waals surface area contributed by atoms with Gasteiger partial charge < -0.3 is 10.4 Å². The lowest BCUT2D eigenvalue weighted by molar-refractivity contribution is -0.132. The van der Waals surface area contributed by atoms with Gasteiger partial charge in [0.15, 0.2) is 0 Å². The Hall–Kier alpha value is -0.680. The van der Waals surface area contributed by atoms with E-state index in [-0.39, 0.29) is 18.2 Å². The Bertz CT molecular complexity index is 240.